The number of alkyl halides is 3. The van der Waals surface area contributed by atoms with Crippen molar-refractivity contribution in [2.24, 2.45) is 0 Å². The molecular weight excluding hydrogens is 401 g/mol. The zero-order chi connectivity index (χ0) is 21.5. The van der Waals surface area contributed by atoms with Crippen molar-refractivity contribution in [2.45, 2.75) is 12.1 Å². The molecule has 0 spiro atoms. The van der Waals surface area contributed by atoms with Gasteiger partial charge in [-0.1, -0.05) is 12.1 Å². The Kier molecular flexibility index (Phi) is 5.16. The normalized spacial score (nSPS) is 11.9. The average molecular weight is 414 g/mol. The summed E-state index contributed by atoms with van der Waals surface area (Å²) in [4.78, 5) is 0. The van der Waals surface area contributed by atoms with E-state index in [1.165, 1.54) is 0 Å². The highest BCUT2D eigenvalue weighted by atomic mass is 19.4. The van der Waals surface area contributed by atoms with E-state index in [9.17, 15) is 30.7 Å². The van der Waals surface area contributed by atoms with Crippen molar-refractivity contribution in [3.8, 4) is 0 Å². The molecule has 0 aliphatic rings. The lowest BCUT2D eigenvalue weighted by Gasteiger charge is -2.22. The van der Waals surface area contributed by atoms with Gasteiger partial charge >= 0.3 is 6.18 Å². The second-order valence-electron chi connectivity index (χ2n) is 6.35. The third-order valence-corrected chi connectivity index (χ3v) is 4.35. The molecule has 0 saturated heterocycles. The average Bonchev–Trinajstić information content (AvgIpc) is 2.58. The van der Waals surface area contributed by atoms with E-state index in [4.69, 9.17) is 11.5 Å². The molecule has 0 amide bonds. The van der Waals surface area contributed by atoms with Crippen LogP contribution in [0.5, 0.6) is 0 Å². The highest BCUT2D eigenvalue weighted by Gasteiger charge is 2.33. The molecule has 0 radical (unpaired) electrons. The van der Waals surface area contributed by atoms with Crippen LogP contribution in [0.4, 0.5) is 42.1 Å². The van der Waals surface area contributed by atoms with Gasteiger partial charge in [-0.2, -0.15) is 13.2 Å². The first kappa shape index (κ1) is 20.5. The van der Waals surface area contributed by atoms with E-state index in [2.05, 4.69) is 0 Å². The molecule has 29 heavy (non-hydrogen) atoms. The van der Waals surface area contributed by atoms with E-state index in [0.29, 0.717) is 12.1 Å². The summed E-state index contributed by atoms with van der Waals surface area (Å²) < 4.78 is 96.8. The van der Waals surface area contributed by atoms with Crippen molar-refractivity contribution >= 4 is 11.4 Å². The summed E-state index contributed by atoms with van der Waals surface area (Å²) in [6.45, 7) is 0. The fourth-order valence-electron chi connectivity index (χ4n) is 3.10. The van der Waals surface area contributed by atoms with Crippen molar-refractivity contribution in [1.82, 2.24) is 0 Å². The van der Waals surface area contributed by atoms with Gasteiger partial charge < -0.3 is 11.5 Å². The number of benzene rings is 3. The Morgan fingerprint density at radius 2 is 0.966 bits per heavy atom. The lowest BCUT2D eigenvalue weighted by molar-refractivity contribution is -0.137. The van der Waals surface area contributed by atoms with E-state index >= 15 is 0 Å². The minimum atomic E-state index is -4.66. The molecule has 3 rings (SSSR count). The predicted octanol–water partition coefficient (Wildman–Crippen LogP) is 5.61. The Morgan fingerprint density at radius 3 is 1.28 bits per heavy atom. The van der Waals surface area contributed by atoms with Gasteiger partial charge in [0.25, 0.3) is 0 Å². The van der Waals surface area contributed by atoms with Crippen molar-refractivity contribution < 1.29 is 30.7 Å². The first-order chi connectivity index (χ1) is 13.5. The van der Waals surface area contributed by atoms with Crippen molar-refractivity contribution in [3.05, 3.63) is 94.1 Å². The van der Waals surface area contributed by atoms with Crippen LogP contribution in [0, 0.1) is 23.3 Å². The minimum absolute atomic E-state index is 0.164. The number of nitrogen functional groups attached to an aromatic ring is 2. The number of halogens is 7. The topological polar surface area (TPSA) is 52.0 Å². The van der Waals surface area contributed by atoms with Gasteiger partial charge in [0.1, 0.15) is 23.3 Å². The zero-order valence-electron chi connectivity index (χ0n) is 14.5. The molecule has 3 aromatic rings. The molecule has 0 aliphatic carbocycles. The molecular formula is C20H13F7N2. The van der Waals surface area contributed by atoms with E-state index in [-0.39, 0.29) is 16.9 Å². The van der Waals surface area contributed by atoms with Gasteiger partial charge in [-0.05, 0) is 42.0 Å². The van der Waals surface area contributed by atoms with E-state index < -0.39 is 52.1 Å². The van der Waals surface area contributed by atoms with Gasteiger partial charge in [0.2, 0.25) is 0 Å². The molecule has 0 aliphatic heterocycles. The molecule has 0 aromatic heterocycles. The summed E-state index contributed by atoms with van der Waals surface area (Å²) in [6.07, 6.45) is -4.66. The predicted molar refractivity (Wildman–Crippen MR) is 93.9 cm³/mol. The van der Waals surface area contributed by atoms with Gasteiger partial charge in [-0.15, -0.1) is 0 Å². The first-order valence-corrected chi connectivity index (χ1v) is 8.15. The van der Waals surface area contributed by atoms with Crippen LogP contribution in [0.15, 0.2) is 48.5 Å². The molecule has 0 fully saturated rings. The highest BCUT2D eigenvalue weighted by Crippen LogP contribution is 2.40. The van der Waals surface area contributed by atoms with E-state index in [0.717, 1.165) is 36.4 Å². The summed E-state index contributed by atoms with van der Waals surface area (Å²) in [5.74, 6) is -6.55. The van der Waals surface area contributed by atoms with Crippen LogP contribution in [-0.4, -0.2) is 0 Å². The number of hydrogen-bond acceptors (Lipinski definition) is 2. The quantitative estimate of drug-likeness (QED) is 0.333. The van der Waals surface area contributed by atoms with Crippen molar-refractivity contribution in [3.63, 3.8) is 0 Å². The molecule has 0 bridgehead atoms. The molecule has 0 unspecified atom stereocenters. The van der Waals surface area contributed by atoms with Gasteiger partial charge in [0, 0.05) is 28.4 Å². The lowest BCUT2D eigenvalue weighted by atomic mass is 9.83. The Labute approximate surface area is 160 Å². The summed E-state index contributed by atoms with van der Waals surface area (Å²) >= 11 is 0. The van der Waals surface area contributed by atoms with Crippen LogP contribution in [0.2, 0.25) is 0 Å². The SMILES string of the molecule is Nc1cc(F)c(C(c2ccc(C(F)(F)F)cc2)c2c(F)cc(N)cc2F)c(F)c1. The van der Waals surface area contributed by atoms with Crippen molar-refractivity contribution in [2.75, 3.05) is 11.5 Å². The van der Waals surface area contributed by atoms with Crippen molar-refractivity contribution in [1.29, 1.82) is 0 Å². The van der Waals surface area contributed by atoms with Crippen LogP contribution < -0.4 is 11.5 Å². The van der Waals surface area contributed by atoms with Crippen LogP contribution in [0.25, 0.3) is 0 Å². The molecule has 152 valence electrons. The number of rotatable bonds is 3. The maximum atomic E-state index is 14.6. The zero-order valence-corrected chi connectivity index (χ0v) is 14.5. The number of hydrogen-bond donors (Lipinski definition) is 2. The molecule has 4 N–H and O–H groups in total. The summed E-state index contributed by atoms with van der Waals surface area (Å²) in [5, 5.41) is 0. The van der Waals surface area contributed by atoms with E-state index in [1.807, 2.05) is 0 Å². The maximum absolute atomic E-state index is 14.6. The second-order valence-corrected chi connectivity index (χ2v) is 6.35. The Morgan fingerprint density at radius 1 is 0.621 bits per heavy atom. The Bertz CT molecular complexity index is 956. The molecule has 0 heterocycles. The third kappa shape index (κ3) is 3.98. The molecule has 0 saturated carbocycles. The molecule has 3 aromatic carbocycles. The third-order valence-electron chi connectivity index (χ3n) is 4.35. The molecule has 0 atom stereocenters. The number of anilines is 2. The van der Waals surface area contributed by atoms with Gasteiger partial charge in [0.05, 0.1) is 5.56 Å². The maximum Gasteiger partial charge on any atom is 0.416 e. The van der Waals surface area contributed by atoms with Gasteiger partial charge in [0.15, 0.2) is 0 Å². The lowest BCUT2D eigenvalue weighted by Crippen LogP contribution is -2.14. The smallest absolute Gasteiger partial charge is 0.399 e. The molecule has 9 heteroatoms. The van der Waals surface area contributed by atoms with Crippen LogP contribution in [-0.2, 0) is 6.18 Å². The fourth-order valence-corrected chi connectivity index (χ4v) is 3.10. The van der Waals surface area contributed by atoms with Crippen LogP contribution >= 0.6 is 0 Å². The van der Waals surface area contributed by atoms with Crippen LogP contribution in [0.3, 0.4) is 0 Å². The number of nitrogens with two attached hydrogens (primary N) is 2. The van der Waals surface area contributed by atoms with Crippen LogP contribution in [0.1, 0.15) is 28.2 Å². The second kappa shape index (κ2) is 7.31. The summed E-state index contributed by atoms with van der Waals surface area (Å²) in [6, 6.07) is 6.12. The van der Waals surface area contributed by atoms with Gasteiger partial charge in [-0.25, -0.2) is 17.6 Å². The minimum Gasteiger partial charge on any atom is -0.399 e. The molecule has 2 nitrogen and oxygen atoms in total. The standard InChI is InChI=1S/C20H13F7N2/c21-13-5-11(28)6-14(22)18(13)17(19-15(23)7-12(29)8-16(19)24)9-1-3-10(4-2-9)20(25,26)27/h1-8,17H,28-29H2. The highest BCUT2D eigenvalue weighted by molar-refractivity contribution is 5.52. The largest absolute Gasteiger partial charge is 0.416 e. The van der Waals surface area contributed by atoms with E-state index in [1.54, 1.807) is 0 Å². The Balaban J connectivity index is 2.30. The Hall–Kier alpha value is -3.23. The summed E-state index contributed by atoms with van der Waals surface area (Å²) in [5.41, 5.74) is 7.51. The van der Waals surface area contributed by atoms with Gasteiger partial charge in [-0.3, -0.25) is 0 Å². The fraction of sp³-hybridized carbons (Fsp3) is 0.100. The first-order valence-electron chi connectivity index (χ1n) is 8.15. The summed E-state index contributed by atoms with van der Waals surface area (Å²) in [7, 11) is 0. The monoisotopic (exact) mass is 414 g/mol.